The molecule has 0 saturated carbocycles. The molecule has 2 heterocycles. The second-order valence-corrected chi connectivity index (χ2v) is 4.24. The molecular weight excluding hydrogens is 218 g/mol. The lowest BCUT2D eigenvalue weighted by molar-refractivity contribution is -0.0865. The number of hydrogen-bond acceptors (Lipinski definition) is 4. The Bertz CT molecular complexity index is 321. The van der Waals surface area contributed by atoms with Gasteiger partial charge in [-0.3, -0.25) is 0 Å². The van der Waals surface area contributed by atoms with Crippen molar-refractivity contribution >= 4 is 0 Å². The van der Waals surface area contributed by atoms with Gasteiger partial charge < -0.3 is 19.4 Å². The van der Waals surface area contributed by atoms with Gasteiger partial charge in [0.1, 0.15) is 5.82 Å². The molecule has 1 aromatic heterocycles. The summed E-state index contributed by atoms with van der Waals surface area (Å²) in [5.74, 6) is 1.09. The SMILES string of the molecule is CCCn1ccnc1CNCC1COCCO1. The molecule has 0 aromatic carbocycles. The van der Waals surface area contributed by atoms with E-state index in [1.54, 1.807) is 0 Å². The highest BCUT2D eigenvalue weighted by Gasteiger charge is 2.13. The van der Waals surface area contributed by atoms with E-state index in [9.17, 15) is 0 Å². The number of imidazole rings is 1. The fraction of sp³-hybridized carbons (Fsp3) is 0.750. The first-order valence-corrected chi connectivity index (χ1v) is 6.30. The Kier molecular flexibility index (Phi) is 4.97. The maximum Gasteiger partial charge on any atom is 0.122 e. The molecule has 1 atom stereocenters. The van der Waals surface area contributed by atoms with Crippen molar-refractivity contribution in [3.63, 3.8) is 0 Å². The van der Waals surface area contributed by atoms with Crippen LogP contribution < -0.4 is 5.32 Å². The van der Waals surface area contributed by atoms with Gasteiger partial charge in [-0.05, 0) is 6.42 Å². The predicted octanol–water partition coefficient (Wildman–Crippen LogP) is 0.798. The van der Waals surface area contributed by atoms with Crippen LogP contribution in [0.2, 0.25) is 0 Å². The Morgan fingerprint density at radius 3 is 3.24 bits per heavy atom. The van der Waals surface area contributed by atoms with Crippen LogP contribution in [-0.2, 0) is 22.6 Å². The lowest BCUT2D eigenvalue weighted by atomic mass is 10.3. The van der Waals surface area contributed by atoms with Gasteiger partial charge >= 0.3 is 0 Å². The quantitative estimate of drug-likeness (QED) is 0.797. The average Bonchev–Trinajstić information content (AvgIpc) is 2.79. The Labute approximate surface area is 102 Å². The van der Waals surface area contributed by atoms with E-state index >= 15 is 0 Å². The summed E-state index contributed by atoms with van der Waals surface area (Å²) in [6.07, 6.45) is 5.19. The number of aryl methyl sites for hydroxylation is 1. The fourth-order valence-corrected chi connectivity index (χ4v) is 1.95. The molecule has 1 aromatic rings. The number of rotatable bonds is 6. The molecule has 2 rings (SSSR count). The van der Waals surface area contributed by atoms with E-state index in [0.29, 0.717) is 13.2 Å². The van der Waals surface area contributed by atoms with E-state index in [4.69, 9.17) is 9.47 Å². The summed E-state index contributed by atoms with van der Waals surface area (Å²) in [7, 11) is 0. The molecular formula is C12H21N3O2. The summed E-state index contributed by atoms with van der Waals surface area (Å²) in [6.45, 7) is 6.92. The molecule has 1 unspecified atom stereocenters. The first kappa shape index (κ1) is 12.5. The largest absolute Gasteiger partial charge is 0.376 e. The molecule has 1 aliphatic heterocycles. The van der Waals surface area contributed by atoms with E-state index in [1.807, 2.05) is 12.4 Å². The van der Waals surface area contributed by atoms with Crippen LogP contribution in [0.5, 0.6) is 0 Å². The standard InChI is InChI=1S/C12H21N3O2/c1-2-4-15-5-3-14-12(15)9-13-8-11-10-16-6-7-17-11/h3,5,11,13H,2,4,6-10H2,1H3. The van der Waals surface area contributed by atoms with Gasteiger partial charge in [0.25, 0.3) is 0 Å². The molecule has 5 heteroatoms. The topological polar surface area (TPSA) is 48.3 Å². The molecule has 5 nitrogen and oxygen atoms in total. The minimum atomic E-state index is 0.179. The first-order chi connectivity index (χ1) is 8.40. The van der Waals surface area contributed by atoms with E-state index < -0.39 is 0 Å². The van der Waals surface area contributed by atoms with Crippen LogP contribution in [0, 0.1) is 0 Å². The van der Waals surface area contributed by atoms with Crippen LogP contribution >= 0.6 is 0 Å². The minimum absolute atomic E-state index is 0.179. The van der Waals surface area contributed by atoms with Crippen LogP contribution in [0.15, 0.2) is 12.4 Å². The lowest BCUT2D eigenvalue weighted by Crippen LogP contribution is -2.37. The monoisotopic (exact) mass is 239 g/mol. The van der Waals surface area contributed by atoms with Crippen molar-refractivity contribution in [2.75, 3.05) is 26.4 Å². The maximum absolute atomic E-state index is 5.56. The Morgan fingerprint density at radius 1 is 1.53 bits per heavy atom. The van der Waals surface area contributed by atoms with Crippen molar-refractivity contribution in [3.05, 3.63) is 18.2 Å². The van der Waals surface area contributed by atoms with Crippen LogP contribution in [-0.4, -0.2) is 42.0 Å². The van der Waals surface area contributed by atoms with Gasteiger partial charge in [-0.15, -0.1) is 0 Å². The summed E-state index contributed by atoms with van der Waals surface area (Å²) in [5.41, 5.74) is 0. The van der Waals surface area contributed by atoms with Crippen molar-refractivity contribution in [1.82, 2.24) is 14.9 Å². The molecule has 1 saturated heterocycles. The second-order valence-electron chi connectivity index (χ2n) is 4.24. The van der Waals surface area contributed by atoms with Crippen LogP contribution in [0.3, 0.4) is 0 Å². The molecule has 0 aliphatic carbocycles. The maximum atomic E-state index is 5.56. The predicted molar refractivity (Wildman–Crippen MR) is 64.8 cm³/mol. The van der Waals surface area contributed by atoms with Gasteiger partial charge in [0.15, 0.2) is 0 Å². The zero-order valence-electron chi connectivity index (χ0n) is 10.4. The third kappa shape index (κ3) is 3.80. The summed E-state index contributed by atoms with van der Waals surface area (Å²) in [6, 6.07) is 0. The third-order valence-corrected chi connectivity index (χ3v) is 2.81. The number of hydrogen-bond donors (Lipinski definition) is 1. The molecule has 96 valence electrons. The number of nitrogens with one attached hydrogen (secondary N) is 1. The highest BCUT2D eigenvalue weighted by atomic mass is 16.6. The van der Waals surface area contributed by atoms with Crippen molar-refractivity contribution in [3.8, 4) is 0 Å². The third-order valence-electron chi connectivity index (χ3n) is 2.81. The summed E-state index contributed by atoms with van der Waals surface area (Å²) in [5, 5.41) is 3.37. The molecule has 0 radical (unpaired) electrons. The zero-order valence-corrected chi connectivity index (χ0v) is 10.4. The molecule has 1 N–H and O–H groups in total. The molecule has 1 aliphatic rings. The fourth-order valence-electron chi connectivity index (χ4n) is 1.95. The Hall–Kier alpha value is -0.910. The highest BCUT2D eigenvalue weighted by Crippen LogP contribution is 2.01. The highest BCUT2D eigenvalue weighted by molar-refractivity contribution is 4.91. The lowest BCUT2D eigenvalue weighted by Gasteiger charge is -2.23. The second kappa shape index (κ2) is 6.74. The van der Waals surface area contributed by atoms with Gasteiger partial charge in [0.2, 0.25) is 0 Å². The molecule has 0 bridgehead atoms. The van der Waals surface area contributed by atoms with Crippen molar-refractivity contribution < 1.29 is 9.47 Å². The minimum Gasteiger partial charge on any atom is -0.376 e. The summed E-state index contributed by atoms with van der Waals surface area (Å²) in [4.78, 5) is 4.35. The van der Waals surface area contributed by atoms with Crippen molar-refractivity contribution in [2.24, 2.45) is 0 Å². The zero-order chi connectivity index (χ0) is 11.9. The number of aromatic nitrogens is 2. The molecule has 1 fully saturated rings. The van der Waals surface area contributed by atoms with Gasteiger partial charge in [0, 0.05) is 25.5 Å². The van der Waals surface area contributed by atoms with Crippen LogP contribution in [0.4, 0.5) is 0 Å². The van der Waals surface area contributed by atoms with Gasteiger partial charge in [-0.2, -0.15) is 0 Å². The van der Waals surface area contributed by atoms with Crippen molar-refractivity contribution in [2.45, 2.75) is 32.5 Å². The van der Waals surface area contributed by atoms with Crippen molar-refractivity contribution in [1.29, 1.82) is 0 Å². The first-order valence-electron chi connectivity index (χ1n) is 6.30. The summed E-state index contributed by atoms with van der Waals surface area (Å²) < 4.78 is 13.1. The Balaban J connectivity index is 1.71. The van der Waals surface area contributed by atoms with E-state index in [2.05, 4.69) is 21.8 Å². The van der Waals surface area contributed by atoms with Gasteiger partial charge in [-0.25, -0.2) is 4.98 Å². The van der Waals surface area contributed by atoms with Crippen LogP contribution in [0.1, 0.15) is 19.2 Å². The van der Waals surface area contributed by atoms with E-state index in [1.165, 1.54) is 0 Å². The number of ether oxygens (including phenoxy) is 2. The van der Waals surface area contributed by atoms with E-state index in [0.717, 1.165) is 38.5 Å². The van der Waals surface area contributed by atoms with Crippen LogP contribution in [0.25, 0.3) is 0 Å². The summed E-state index contributed by atoms with van der Waals surface area (Å²) >= 11 is 0. The smallest absolute Gasteiger partial charge is 0.122 e. The molecule has 0 amide bonds. The number of nitrogens with zero attached hydrogens (tertiary/aromatic N) is 2. The molecule has 17 heavy (non-hydrogen) atoms. The normalized spacial score (nSPS) is 20.6. The Morgan fingerprint density at radius 2 is 2.47 bits per heavy atom. The molecule has 0 spiro atoms. The average molecular weight is 239 g/mol. The van der Waals surface area contributed by atoms with E-state index in [-0.39, 0.29) is 6.10 Å². The van der Waals surface area contributed by atoms with Gasteiger partial charge in [0.05, 0.1) is 32.5 Å². The van der Waals surface area contributed by atoms with Gasteiger partial charge in [-0.1, -0.05) is 6.92 Å².